The second kappa shape index (κ2) is 6.66. The van der Waals surface area contributed by atoms with E-state index >= 15 is 0 Å². The third-order valence-corrected chi connectivity index (χ3v) is 2.98. The number of carboxylic acid groups (broad SMARTS) is 1. The van der Waals surface area contributed by atoms with Crippen LogP contribution in [0.25, 0.3) is 0 Å². The molecule has 0 bridgehead atoms. The van der Waals surface area contributed by atoms with Gasteiger partial charge < -0.3 is 5.11 Å². The SMILES string of the molecule is Cc1cc(C)n(CC(=O)N/N=C/c2ccccc2C(=O)O)n1. The van der Waals surface area contributed by atoms with Crippen LogP contribution < -0.4 is 5.43 Å². The normalized spacial score (nSPS) is 10.8. The van der Waals surface area contributed by atoms with E-state index in [9.17, 15) is 9.59 Å². The standard InChI is InChI=1S/C15H16N4O3/c1-10-7-11(2)19(18-10)9-14(20)17-16-8-12-5-3-4-6-13(12)15(21)22/h3-8H,9H2,1-2H3,(H,17,20)(H,21,22)/b16-8+. The first-order valence-electron chi connectivity index (χ1n) is 6.62. The number of benzene rings is 1. The summed E-state index contributed by atoms with van der Waals surface area (Å²) in [5.74, 6) is -1.38. The number of nitrogens with zero attached hydrogens (tertiary/aromatic N) is 3. The van der Waals surface area contributed by atoms with Crippen molar-refractivity contribution in [3.05, 3.63) is 52.8 Å². The smallest absolute Gasteiger partial charge is 0.336 e. The lowest BCUT2D eigenvalue weighted by atomic mass is 10.1. The van der Waals surface area contributed by atoms with Gasteiger partial charge in [-0.15, -0.1) is 0 Å². The Kier molecular flexibility index (Phi) is 4.67. The van der Waals surface area contributed by atoms with Crippen LogP contribution in [0.3, 0.4) is 0 Å². The molecule has 2 N–H and O–H groups in total. The minimum Gasteiger partial charge on any atom is -0.478 e. The first-order valence-corrected chi connectivity index (χ1v) is 6.62. The van der Waals surface area contributed by atoms with Crippen molar-refractivity contribution in [1.82, 2.24) is 15.2 Å². The van der Waals surface area contributed by atoms with Gasteiger partial charge in [0.1, 0.15) is 6.54 Å². The number of hydrazone groups is 1. The predicted molar refractivity (Wildman–Crippen MR) is 80.8 cm³/mol. The second-order valence-corrected chi connectivity index (χ2v) is 4.77. The molecule has 1 amide bonds. The zero-order valence-corrected chi connectivity index (χ0v) is 12.3. The van der Waals surface area contributed by atoms with E-state index in [0.717, 1.165) is 11.4 Å². The summed E-state index contributed by atoms with van der Waals surface area (Å²) in [7, 11) is 0. The van der Waals surface area contributed by atoms with E-state index in [1.54, 1.807) is 22.9 Å². The molecule has 0 saturated carbocycles. The van der Waals surface area contributed by atoms with E-state index in [0.29, 0.717) is 5.56 Å². The van der Waals surface area contributed by atoms with Crippen molar-refractivity contribution in [2.75, 3.05) is 0 Å². The number of nitrogens with one attached hydrogen (secondary N) is 1. The fourth-order valence-corrected chi connectivity index (χ4v) is 1.98. The van der Waals surface area contributed by atoms with E-state index in [1.165, 1.54) is 12.3 Å². The average Bonchev–Trinajstić information content (AvgIpc) is 2.77. The lowest BCUT2D eigenvalue weighted by molar-refractivity contribution is -0.121. The van der Waals surface area contributed by atoms with Crippen LogP contribution in [0, 0.1) is 13.8 Å². The molecule has 0 aliphatic heterocycles. The zero-order chi connectivity index (χ0) is 16.1. The largest absolute Gasteiger partial charge is 0.478 e. The molecular weight excluding hydrogens is 284 g/mol. The Morgan fingerprint density at radius 1 is 1.36 bits per heavy atom. The van der Waals surface area contributed by atoms with Gasteiger partial charge in [-0.05, 0) is 26.0 Å². The molecule has 22 heavy (non-hydrogen) atoms. The van der Waals surface area contributed by atoms with Crippen LogP contribution in [0.2, 0.25) is 0 Å². The van der Waals surface area contributed by atoms with Crippen molar-refractivity contribution < 1.29 is 14.7 Å². The zero-order valence-electron chi connectivity index (χ0n) is 12.3. The van der Waals surface area contributed by atoms with Gasteiger partial charge in [-0.1, -0.05) is 18.2 Å². The summed E-state index contributed by atoms with van der Waals surface area (Å²) in [5.41, 5.74) is 4.62. The minimum absolute atomic E-state index is 0.0532. The van der Waals surface area contributed by atoms with Crippen molar-refractivity contribution in [3.63, 3.8) is 0 Å². The first-order chi connectivity index (χ1) is 10.5. The number of hydrogen-bond donors (Lipinski definition) is 2. The molecule has 0 atom stereocenters. The predicted octanol–water partition coefficient (Wildman–Crippen LogP) is 1.35. The monoisotopic (exact) mass is 300 g/mol. The van der Waals surface area contributed by atoms with Gasteiger partial charge in [0, 0.05) is 11.3 Å². The Morgan fingerprint density at radius 2 is 2.09 bits per heavy atom. The molecule has 0 aliphatic carbocycles. The Morgan fingerprint density at radius 3 is 2.73 bits per heavy atom. The van der Waals surface area contributed by atoms with Gasteiger partial charge in [0.25, 0.3) is 5.91 Å². The maximum Gasteiger partial charge on any atom is 0.336 e. The number of aryl methyl sites for hydroxylation is 2. The molecule has 1 heterocycles. The highest BCUT2D eigenvalue weighted by Crippen LogP contribution is 2.05. The van der Waals surface area contributed by atoms with E-state index in [1.807, 2.05) is 19.9 Å². The molecule has 0 unspecified atom stereocenters. The average molecular weight is 300 g/mol. The maximum atomic E-state index is 11.8. The molecule has 2 rings (SSSR count). The number of carbonyl (C=O) groups is 2. The molecule has 7 nitrogen and oxygen atoms in total. The number of hydrogen-bond acceptors (Lipinski definition) is 4. The van der Waals surface area contributed by atoms with Crippen LogP contribution in [-0.4, -0.2) is 33.0 Å². The molecule has 0 radical (unpaired) electrons. The molecule has 0 saturated heterocycles. The molecule has 2 aromatic rings. The van der Waals surface area contributed by atoms with E-state index < -0.39 is 5.97 Å². The summed E-state index contributed by atoms with van der Waals surface area (Å²) in [6.07, 6.45) is 1.31. The van der Waals surface area contributed by atoms with Crippen molar-refractivity contribution >= 4 is 18.1 Å². The summed E-state index contributed by atoms with van der Waals surface area (Å²) >= 11 is 0. The van der Waals surface area contributed by atoms with Gasteiger partial charge in [-0.25, -0.2) is 10.2 Å². The van der Waals surface area contributed by atoms with Crippen LogP contribution in [0.4, 0.5) is 0 Å². The number of aromatic nitrogens is 2. The highest BCUT2D eigenvalue weighted by atomic mass is 16.4. The van der Waals surface area contributed by atoms with Gasteiger partial charge in [-0.2, -0.15) is 10.2 Å². The number of aromatic carboxylic acids is 1. The number of carbonyl (C=O) groups excluding carboxylic acids is 1. The number of rotatable bonds is 5. The Bertz CT molecular complexity index is 734. The molecule has 0 spiro atoms. The van der Waals surface area contributed by atoms with E-state index in [2.05, 4.69) is 15.6 Å². The van der Waals surface area contributed by atoms with Crippen molar-refractivity contribution in [2.24, 2.45) is 5.10 Å². The van der Waals surface area contributed by atoms with Gasteiger partial charge in [0.2, 0.25) is 0 Å². The Hall–Kier alpha value is -2.96. The fourth-order valence-electron chi connectivity index (χ4n) is 1.98. The summed E-state index contributed by atoms with van der Waals surface area (Å²) in [6, 6.07) is 8.29. The minimum atomic E-state index is -1.05. The lowest BCUT2D eigenvalue weighted by Crippen LogP contribution is -2.24. The van der Waals surface area contributed by atoms with Gasteiger partial charge in [0.05, 0.1) is 17.5 Å². The third kappa shape index (κ3) is 3.78. The lowest BCUT2D eigenvalue weighted by Gasteiger charge is -2.03. The van der Waals surface area contributed by atoms with Crippen LogP contribution in [-0.2, 0) is 11.3 Å². The summed E-state index contributed by atoms with van der Waals surface area (Å²) in [4.78, 5) is 22.8. The van der Waals surface area contributed by atoms with Crippen molar-refractivity contribution in [2.45, 2.75) is 20.4 Å². The summed E-state index contributed by atoms with van der Waals surface area (Å²) in [6.45, 7) is 3.76. The maximum absolute atomic E-state index is 11.8. The topological polar surface area (TPSA) is 96.6 Å². The third-order valence-electron chi connectivity index (χ3n) is 2.98. The van der Waals surface area contributed by atoms with Crippen LogP contribution in [0.15, 0.2) is 35.4 Å². The molecule has 0 aliphatic rings. The highest BCUT2D eigenvalue weighted by Gasteiger charge is 2.08. The van der Waals surface area contributed by atoms with Crippen LogP contribution in [0.5, 0.6) is 0 Å². The van der Waals surface area contributed by atoms with E-state index in [-0.39, 0.29) is 18.0 Å². The summed E-state index contributed by atoms with van der Waals surface area (Å²) < 4.78 is 1.57. The van der Waals surface area contributed by atoms with Crippen LogP contribution in [0.1, 0.15) is 27.3 Å². The quantitative estimate of drug-likeness (QED) is 0.643. The number of amides is 1. The van der Waals surface area contributed by atoms with Gasteiger partial charge >= 0.3 is 5.97 Å². The molecule has 1 aromatic heterocycles. The highest BCUT2D eigenvalue weighted by molar-refractivity contribution is 5.98. The molecule has 0 fully saturated rings. The van der Waals surface area contributed by atoms with Gasteiger partial charge in [-0.3, -0.25) is 9.48 Å². The summed E-state index contributed by atoms with van der Waals surface area (Å²) in [5, 5.41) is 17.0. The Labute approximate surface area is 127 Å². The fraction of sp³-hybridized carbons (Fsp3) is 0.200. The number of carboxylic acids is 1. The van der Waals surface area contributed by atoms with Crippen LogP contribution >= 0.6 is 0 Å². The molecule has 114 valence electrons. The van der Waals surface area contributed by atoms with Crippen molar-refractivity contribution in [1.29, 1.82) is 0 Å². The Balaban J connectivity index is 1.99. The van der Waals surface area contributed by atoms with E-state index in [4.69, 9.17) is 5.11 Å². The van der Waals surface area contributed by atoms with Gasteiger partial charge in [0.15, 0.2) is 0 Å². The molecule has 1 aromatic carbocycles. The molecular formula is C15H16N4O3. The molecule has 7 heteroatoms. The van der Waals surface area contributed by atoms with Crippen molar-refractivity contribution in [3.8, 4) is 0 Å². The second-order valence-electron chi connectivity index (χ2n) is 4.77. The first kappa shape index (κ1) is 15.4.